The maximum Gasteiger partial charge on any atom is 0.191 e. The van der Waals surface area contributed by atoms with E-state index in [-0.39, 0.29) is 11.9 Å². The summed E-state index contributed by atoms with van der Waals surface area (Å²) in [6.07, 6.45) is 1.63. The Labute approximate surface area is 124 Å². The zero-order valence-electron chi connectivity index (χ0n) is 12.5. The van der Waals surface area contributed by atoms with E-state index in [2.05, 4.69) is 15.6 Å². The molecule has 2 aromatic rings. The molecule has 2 rings (SSSR count). The van der Waals surface area contributed by atoms with E-state index >= 15 is 0 Å². The fourth-order valence-corrected chi connectivity index (χ4v) is 1.95. The van der Waals surface area contributed by atoms with Crippen molar-refractivity contribution in [2.45, 2.75) is 26.4 Å². The quantitative estimate of drug-likeness (QED) is 0.671. The van der Waals surface area contributed by atoms with Crippen molar-refractivity contribution in [1.29, 1.82) is 0 Å². The second-order valence-electron chi connectivity index (χ2n) is 4.88. The second-order valence-corrected chi connectivity index (χ2v) is 4.88. The highest BCUT2D eigenvalue weighted by Gasteiger charge is 2.10. The summed E-state index contributed by atoms with van der Waals surface area (Å²) in [5, 5.41) is 6.37. The standard InChI is InChI=1S/C16H20FN3O/c1-11-6-7-13(9-15(11)17)12(2)20-16(18-3)19-10-14-5-4-8-21-14/h4-9,12H,10H2,1-3H3,(H2,18,19,20). The number of furan rings is 1. The van der Waals surface area contributed by atoms with Crippen LogP contribution in [0.3, 0.4) is 0 Å². The molecule has 112 valence electrons. The topological polar surface area (TPSA) is 49.6 Å². The molecule has 0 aliphatic carbocycles. The zero-order chi connectivity index (χ0) is 15.2. The molecule has 1 aromatic carbocycles. The summed E-state index contributed by atoms with van der Waals surface area (Å²) in [4.78, 5) is 4.15. The van der Waals surface area contributed by atoms with Gasteiger partial charge < -0.3 is 15.1 Å². The molecular weight excluding hydrogens is 269 g/mol. The third kappa shape index (κ3) is 4.08. The first-order valence-corrected chi connectivity index (χ1v) is 6.85. The van der Waals surface area contributed by atoms with Gasteiger partial charge in [0, 0.05) is 7.05 Å². The molecule has 1 aromatic heterocycles. The van der Waals surface area contributed by atoms with Gasteiger partial charge >= 0.3 is 0 Å². The highest BCUT2D eigenvalue weighted by Crippen LogP contribution is 2.16. The largest absolute Gasteiger partial charge is 0.467 e. The van der Waals surface area contributed by atoms with E-state index in [4.69, 9.17) is 4.42 Å². The summed E-state index contributed by atoms with van der Waals surface area (Å²) in [5.74, 6) is 1.27. The lowest BCUT2D eigenvalue weighted by Crippen LogP contribution is -2.38. The summed E-state index contributed by atoms with van der Waals surface area (Å²) in [6.45, 7) is 4.26. The van der Waals surface area contributed by atoms with Crippen molar-refractivity contribution >= 4 is 5.96 Å². The van der Waals surface area contributed by atoms with Gasteiger partial charge in [0.1, 0.15) is 11.6 Å². The van der Waals surface area contributed by atoms with E-state index < -0.39 is 0 Å². The lowest BCUT2D eigenvalue weighted by molar-refractivity contribution is 0.500. The number of aryl methyl sites for hydroxylation is 1. The third-order valence-electron chi connectivity index (χ3n) is 3.28. The van der Waals surface area contributed by atoms with Gasteiger partial charge in [0.2, 0.25) is 0 Å². The van der Waals surface area contributed by atoms with Crippen LogP contribution < -0.4 is 10.6 Å². The van der Waals surface area contributed by atoms with E-state index in [0.717, 1.165) is 11.3 Å². The van der Waals surface area contributed by atoms with Gasteiger partial charge in [-0.3, -0.25) is 4.99 Å². The summed E-state index contributed by atoms with van der Waals surface area (Å²) in [6, 6.07) is 8.91. The Kier molecular flexibility index (Phi) is 4.98. The van der Waals surface area contributed by atoms with Crippen LogP contribution in [0.1, 0.15) is 29.9 Å². The van der Waals surface area contributed by atoms with Crippen molar-refractivity contribution < 1.29 is 8.81 Å². The van der Waals surface area contributed by atoms with Crippen LogP contribution in [0.5, 0.6) is 0 Å². The van der Waals surface area contributed by atoms with E-state index in [1.807, 2.05) is 25.1 Å². The molecule has 4 nitrogen and oxygen atoms in total. The van der Waals surface area contributed by atoms with Crippen molar-refractivity contribution in [3.8, 4) is 0 Å². The van der Waals surface area contributed by atoms with Crippen molar-refractivity contribution in [1.82, 2.24) is 10.6 Å². The van der Waals surface area contributed by atoms with Crippen LogP contribution in [0.15, 0.2) is 46.0 Å². The summed E-state index contributed by atoms with van der Waals surface area (Å²) in [7, 11) is 1.69. The Balaban J connectivity index is 1.95. The summed E-state index contributed by atoms with van der Waals surface area (Å²) >= 11 is 0. The second kappa shape index (κ2) is 6.92. The number of benzene rings is 1. The van der Waals surface area contributed by atoms with Crippen LogP contribution in [-0.4, -0.2) is 13.0 Å². The number of hydrogen-bond donors (Lipinski definition) is 2. The fraction of sp³-hybridized carbons (Fsp3) is 0.312. The molecule has 0 saturated carbocycles. The van der Waals surface area contributed by atoms with E-state index in [0.29, 0.717) is 18.1 Å². The molecule has 0 aliphatic rings. The number of guanidine groups is 1. The molecule has 0 radical (unpaired) electrons. The average molecular weight is 289 g/mol. The van der Waals surface area contributed by atoms with E-state index in [1.165, 1.54) is 0 Å². The molecule has 5 heteroatoms. The van der Waals surface area contributed by atoms with Crippen molar-refractivity contribution in [3.63, 3.8) is 0 Å². The molecule has 0 saturated heterocycles. The molecule has 1 heterocycles. The maximum atomic E-state index is 13.6. The van der Waals surface area contributed by atoms with Crippen LogP contribution in [-0.2, 0) is 6.54 Å². The molecule has 0 fully saturated rings. The Morgan fingerprint density at radius 3 is 2.81 bits per heavy atom. The Morgan fingerprint density at radius 1 is 1.38 bits per heavy atom. The Bertz CT molecular complexity index is 608. The van der Waals surface area contributed by atoms with Crippen LogP contribution in [0.25, 0.3) is 0 Å². The molecule has 1 atom stereocenters. The molecule has 0 spiro atoms. The van der Waals surface area contributed by atoms with Crippen LogP contribution in [0.2, 0.25) is 0 Å². The molecule has 0 bridgehead atoms. The van der Waals surface area contributed by atoms with E-state index in [9.17, 15) is 4.39 Å². The Hall–Kier alpha value is -2.30. The van der Waals surface area contributed by atoms with Crippen molar-refractivity contribution in [2.75, 3.05) is 7.05 Å². The fourth-order valence-electron chi connectivity index (χ4n) is 1.95. The first-order valence-electron chi connectivity index (χ1n) is 6.85. The summed E-state index contributed by atoms with van der Waals surface area (Å²) in [5.41, 5.74) is 1.52. The van der Waals surface area contributed by atoms with Gasteiger partial charge in [-0.1, -0.05) is 12.1 Å². The zero-order valence-corrected chi connectivity index (χ0v) is 12.5. The van der Waals surface area contributed by atoms with Crippen LogP contribution >= 0.6 is 0 Å². The number of nitrogens with zero attached hydrogens (tertiary/aromatic N) is 1. The number of rotatable bonds is 4. The number of aliphatic imine (C=N–C) groups is 1. The number of hydrogen-bond acceptors (Lipinski definition) is 2. The number of nitrogens with one attached hydrogen (secondary N) is 2. The minimum Gasteiger partial charge on any atom is -0.467 e. The van der Waals surface area contributed by atoms with Crippen molar-refractivity contribution in [2.24, 2.45) is 4.99 Å². The van der Waals surface area contributed by atoms with Gasteiger partial charge in [0.25, 0.3) is 0 Å². The molecule has 21 heavy (non-hydrogen) atoms. The van der Waals surface area contributed by atoms with Gasteiger partial charge in [-0.25, -0.2) is 4.39 Å². The van der Waals surface area contributed by atoms with Crippen molar-refractivity contribution in [3.05, 3.63) is 59.3 Å². The molecule has 0 amide bonds. The monoisotopic (exact) mass is 289 g/mol. The molecule has 0 aliphatic heterocycles. The summed E-state index contributed by atoms with van der Waals surface area (Å²) < 4.78 is 18.9. The molecule has 1 unspecified atom stereocenters. The van der Waals surface area contributed by atoms with Crippen LogP contribution in [0, 0.1) is 12.7 Å². The number of halogens is 1. The lowest BCUT2D eigenvalue weighted by Gasteiger charge is -2.18. The SMILES string of the molecule is CN=C(NCc1ccco1)NC(C)c1ccc(C)c(F)c1. The van der Waals surface area contributed by atoms with Gasteiger partial charge in [-0.05, 0) is 43.2 Å². The Morgan fingerprint density at radius 2 is 2.19 bits per heavy atom. The highest BCUT2D eigenvalue weighted by molar-refractivity contribution is 5.80. The molecule has 2 N–H and O–H groups in total. The van der Waals surface area contributed by atoms with Crippen LogP contribution in [0.4, 0.5) is 4.39 Å². The van der Waals surface area contributed by atoms with Gasteiger partial charge in [0.05, 0.1) is 18.8 Å². The smallest absolute Gasteiger partial charge is 0.191 e. The van der Waals surface area contributed by atoms with Gasteiger partial charge in [-0.2, -0.15) is 0 Å². The first-order chi connectivity index (χ1) is 10.1. The first kappa shape index (κ1) is 15.1. The lowest BCUT2D eigenvalue weighted by atomic mass is 10.1. The highest BCUT2D eigenvalue weighted by atomic mass is 19.1. The molecular formula is C16H20FN3O. The third-order valence-corrected chi connectivity index (χ3v) is 3.28. The van der Waals surface area contributed by atoms with Gasteiger partial charge in [-0.15, -0.1) is 0 Å². The maximum absolute atomic E-state index is 13.6. The predicted octanol–water partition coefficient (Wildman–Crippen LogP) is 3.15. The van der Waals surface area contributed by atoms with E-state index in [1.54, 1.807) is 32.4 Å². The minimum absolute atomic E-state index is 0.0529. The van der Waals surface area contributed by atoms with Gasteiger partial charge in [0.15, 0.2) is 5.96 Å². The minimum atomic E-state index is -0.195. The average Bonchev–Trinajstić information content (AvgIpc) is 2.99. The normalized spacial score (nSPS) is 13.0. The predicted molar refractivity (Wildman–Crippen MR) is 81.6 cm³/mol.